The van der Waals surface area contributed by atoms with Gasteiger partial charge in [-0.15, -0.1) is 0 Å². The van der Waals surface area contributed by atoms with Crippen molar-refractivity contribution in [2.75, 3.05) is 6.61 Å². The van der Waals surface area contributed by atoms with Crippen molar-refractivity contribution in [2.45, 2.75) is 24.9 Å². The van der Waals surface area contributed by atoms with E-state index in [1.165, 1.54) is 0 Å². The van der Waals surface area contributed by atoms with Crippen LogP contribution in [0.4, 0.5) is 0 Å². The van der Waals surface area contributed by atoms with E-state index >= 15 is 0 Å². The maximum absolute atomic E-state index is 11.7. The fourth-order valence-electron chi connectivity index (χ4n) is 2.17. The van der Waals surface area contributed by atoms with E-state index in [0.29, 0.717) is 0 Å². The van der Waals surface area contributed by atoms with Crippen molar-refractivity contribution in [3.8, 4) is 0 Å². The van der Waals surface area contributed by atoms with Gasteiger partial charge in [-0.25, -0.2) is 9.11 Å². The van der Waals surface area contributed by atoms with E-state index in [4.69, 9.17) is 4.74 Å². The summed E-state index contributed by atoms with van der Waals surface area (Å²) in [6, 6.07) is 0.970. The fourth-order valence-corrected chi connectivity index (χ4v) is 5.06. The number of ether oxygens (including phenoxy) is 1. The molecule has 2 N–H and O–H groups in total. The molecular formula is C9H11Li4N2O14P3. The summed E-state index contributed by atoms with van der Waals surface area (Å²) >= 11 is 0. The Labute approximate surface area is 227 Å². The topological polar surface area (TPSA) is 255 Å². The molecule has 2 heterocycles. The number of nitrogens with zero attached hydrogens (tertiary/aromatic N) is 1. The summed E-state index contributed by atoms with van der Waals surface area (Å²) in [5, 5.41) is 9.92. The van der Waals surface area contributed by atoms with Gasteiger partial charge in [0.2, 0.25) is 0 Å². The molecule has 1 aliphatic rings. The van der Waals surface area contributed by atoms with Crippen molar-refractivity contribution in [3.63, 3.8) is 0 Å². The molecule has 0 aromatic carbocycles. The zero-order valence-electron chi connectivity index (χ0n) is 17.3. The number of rotatable bonds is 8. The zero-order valence-corrected chi connectivity index (χ0v) is 20.0. The number of aromatic nitrogens is 2. The SMILES string of the molecule is O=c1ccn(C2OC(COP(=O)([O-])OP(=O)([O-])OP(=O)([O-])[O-])CC2O)c(=O)[nH]1.[Li+].[Li+].[Li+].[Li+]. The third-order valence-electron chi connectivity index (χ3n) is 3.11. The van der Waals surface area contributed by atoms with Crippen molar-refractivity contribution in [3.05, 3.63) is 33.1 Å². The molecule has 160 valence electrons. The predicted octanol–water partition coefficient (Wildman–Crippen LogP) is -16.0. The number of aliphatic hydroxyl groups is 1. The normalized spacial score (nSPS) is 23.8. The summed E-state index contributed by atoms with van der Waals surface area (Å²) < 4.78 is 49.3. The molecule has 23 heteroatoms. The van der Waals surface area contributed by atoms with E-state index in [9.17, 15) is 48.0 Å². The average molecular weight is 492 g/mol. The van der Waals surface area contributed by atoms with E-state index in [1.54, 1.807) is 0 Å². The molecule has 0 saturated carbocycles. The van der Waals surface area contributed by atoms with Crippen LogP contribution < -0.4 is 106 Å². The molecule has 1 aliphatic heterocycles. The van der Waals surface area contributed by atoms with Gasteiger partial charge in [-0.2, -0.15) is 0 Å². The largest absolute Gasteiger partial charge is 1.00 e. The molecule has 1 saturated heterocycles. The fraction of sp³-hybridized carbons (Fsp3) is 0.556. The Hall–Kier alpha value is 1.40. The van der Waals surface area contributed by atoms with Crippen LogP contribution in [0.15, 0.2) is 21.9 Å². The smallest absolute Gasteiger partial charge is 0.790 e. The number of aliphatic hydroxyl groups excluding tert-OH is 1. The number of hydrogen-bond donors (Lipinski definition) is 2. The minimum Gasteiger partial charge on any atom is -0.790 e. The van der Waals surface area contributed by atoms with Crippen LogP contribution in [-0.2, 0) is 31.6 Å². The molecule has 5 atom stereocenters. The molecule has 0 bridgehead atoms. The van der Waals surface area contributed by atoms with Crippen LogP contribution >= 0.6 is 23.5 Å². The van der Waals surface area contributed by atoms with Crippen molar-refractivity contribution in [2.24, 2.45) is 0 Å². The van der Waals surface area contributed by atoms with Crippen molar-refractivity contribution in [1.82, 2.24) is 9.55 Å². The number of phosphoric ester groups is 1. The average Bonchev–Trinajstić information content (AvgIpc) is 2.82. The van der Waals surface area contributed by atoms with Gasteiger partial charge in [0.1, 0.15) is 6.10 Å². The summed E-state index contributed by atoms with van der Waals surface area (Å²) in [6.07, 6.45) is -3.06. The molecule has 16 nitrogen and oxygen atoms in total. The molecule has 1 fully saturated rings. The Kier molecular flexibility index (Phi) is 17.6. The van der Waals surface area contributed by atoms with Gasteiger partial charge in [-0.3, -0.25) is 27.8 Å². The van der Waals surface area contributed by atoms with Gasteiger partial charge in [0.15, 0.2) is 6.23 Å². The first-order valence-corrected chi connectivity index (χ1v) is 11.4. The second kappa shape index (κ2) is 14.8. The second-order valence-corrected chi connectivity index (χ2v) is 9.52. The number of hydrogen-bond acceptors (Lipinski definition) is 14. The Morgan fingerprint density at radius 2 is 1.62 bits per heavy atom. The molecule has 1 aromatic rings. The molecular weight excluding hydrogens is 481 g/mol. The first kappa shape index (κ1) is 37.9. The summed E-state index contributed by atoms with van der Waals surface area (Å²) in [6.45, 7) is -0.904. The van der Waals surface area contributed by atoms with Gasteiger partial charge in [0, 0.05) is 18.7 Å². The van der Waals surface area contributed by atoms with Crippen LogP contribution in [0.2, 0.25) is 0 Å². The van der Waals surface area contributed by atoms with E-state index in [1.807, 2.05) is 4.98 Å². The quantitative estimate of drug-likeness (QED) is 0.253. The Morgan fingerprint density at radius 1 is 1.06 bits per heavy atom. The van der Waals surface area contributed by atoms with Crippen LogP contribution in [0, 0.1) is 0 Å². The first-order chi connectivity index (χ1) is 12.7. The van der Waals surface area contributed by atoms with Crippen LogP contribution in [-0.4, -0.2) is 33.5 Å². The van der Waals surface area contributed by atoms with E-state index in [0.717, 1.165) is 16.8 Å². The van der Waals surface area contributed by atoms with Crippen molar-refractivity contribution < 1.29 is 132 Å². The number of aromatic amines is 1. The van der Waals surface area contributed by atoms with Crippen molar-refractivity contribution in [1.29, 1.82) is 0 Å². The van der Waals surface area contributed by atoms with E-state index < -0.39 is 59.8 Å². The third-order valence-corrected chi connectivity index (χ3v) is 6.77. The summed E-state index contributed by atoms with van der Waals surface area (Å²) in [5.74, 6) is 0. The van der Waals surface area contributed by atoms with E-state index in [2.05, 4.69) is 13.1 Å². The van der Waals surface area contributed by atoms with Crippen LogP contribution in [0.5, 0.6) is 0 Å². The number of phosphoric acid groups is 3. The van der Waals surface area contributed by atoms with Gasteiger partial charge in [0.05, 0.1) is 20.5 Å². The Bertz CT molecular complexity index is 983. The minimum absolute atomic E-state index is 0. The standard InChI is InChI=1S/C9H15N2O14P3.4Li/c12-6-3-5(23-8(6)11-2-1-7(13)10-9(11)14)4-22-27(18,19)25-28(20,21)24-26(15,16)17;;;;/h1-2,5-6,8,12H,3-4H2,(H,18,19)(H,20,21)(H,10,13,14)(H2,15,16,17);;;;/q;4*+1/p-4. The molecule has 0 aliphatic carbocycles. The summed E-state index contributed by atoms with van der Waals surface area (Å²) in [4.78, 5) is 67.5. The predicted molar refractivity (Wildman–Crippen MR) is 76.8 cm³/mol. The van der Waals surface area contributed by atoms with Crippen molar-refractivity contribution >= 4 is 23.5 Å². The summed E-state index contributed by atoms with van der Waals surface area (Å²) in [5.41, 5.74) is -1.62. The van der Waals surface area contributed by atoms with Gasteiger partial charge in [-0.05, 0) is 0 Å². The van der Waals surface area contributed by atoms with Crippen LogP contribution in [0.1, 0.15) is 12.6 Å². The van der Waals surface area contributed by atoms with Crippen LogP contribution in [0.25, 0.3) is 0 Å². The monoisotopic (exact) mass is 492 g/mol. The maximum atomic E-state index is 11.7. The van der Waals surface area contributed by atoms with Crippen LogP contribution in [0.3, 0.4) is 0 Å². The molecule has 32 heavy (non-hydrogen) atoms. The molecule has 0 amide bonds. The molecule has 0 spiro atoms. The van der Waals surface area contributed by atoms with E-state index in [-0.39, 0.29) is 81.9 Å². The third kappa shape index (κ3) is 12.4. The van der Waals surface area contributed by atoms with Gasteiger partial charge < -0.3 is 38.5 Å². The Morgan fingerprint density at radius 3 is 2.12 bits per heavy atom. The zero-order chi connectivity index (χ0) is 21.3. The number of H-pyrrole nitrogens is 1. The minimum atomic E-state index is -6.10. The number of nitrogens with one attached hydrogen (secondary N) is 1. The van der Waals surface area contributed by atoms with Gasteiger partial charge in [0.25, 0.3) is 21.2 Å². The first-order valence-electron chi connectivity index (χ1n) is 7.04. The van der Waals surface area contributed by atoms with Gasteiger partial charge >= 0.3 is 81.1 Å². The molecule has 1 aromatic heterocycles. The molecule has 5 unspecified atom stereocenters. The Balaban J connectivity index is -0.00000210. The maximum Gasteiger partial charge on any atom is 1.00 e. The molecule has 2 rings (SSSR count). The second-order valence-electron chi connectivity index (χ2n) is 5.27. The molecule has 0 radical (unpaired) electrons. The summed E-state index contributed by atoms with van der Waals surface area (Å²) in [7, 11) is -17.9. The van der Waals surface area contributed by atoms with Gasteiger partial charge in [-0.1, -0.05) is 0 Å².